The SMILES string of the molecule is O=CNC(NC(=S)Nc1ccccc1)C(Cl)(Cl)Cl. The highest BCUT2D eigenvalue weighted by Gasteiger charge is 2.32. The van der Waals surface area contributed by atoms with Gasteiger partial charge < -0.3 is 16.0 Å². The van der Waals surface area contributed by atoms with Crippen LogP contribution in [-0.4, -0.2) is 21.5 Å². The summed E-state index contributed by atoms with van der Waals surface area (Å²) in [5.41, 5.74) is 0.782. The summed E-state index contributed by atoms with van der Waals surface area (Å²) >= 11 is 22.1. The molecule has 0 spiro atoms. The molecule has 3 N–H and O–H groups in total. The van der Waals surface area contributed by atoms with E-state index in [9.17, 15) is 4.79 Å². The van der Waals surface area contributed by atoms with Crippen LogP contribution in [0.3, 0.4) is 0 Å². The van der Waals surface area contributed by atoms with Gasteiger partial charge in [-0.25, -0.2) is 0 Å². The first kappa shape index (κ1) is 15.3. The predicted octanol–water partition coefficient (Wildman–Crippen LogP) is 2.42. The molecular formula is C10H10Cl3N3OS. The number of amides is 1. The smallest absolute Gasteiger partial charge is 0.228 e. The second-order valence-corrected chi connectivity index (χ2v) is 6.00. The highest BCUT2D eigenvalue weighted by atomic mass is 35.6. The van der Waals surface area contributed by atoms with Gasteiger partial charge in [0.25, 0.3) is 0 Å². The van der Waals surface area contributed by atoms with E-state index in [1.165, 1.54) is 0 Å². The van der Waals surface area contributed by atoms with E-state index in [4.69, 9.17) is 47.0 Å². The van der Waals surface area contributed by atoms with Crippen molar-refractivity contribution in [1.82, 2.24) is 10.6 Å². The summed E-state index contributed by atoms with van der Waals surface area (Å²) in [5, 5.41) is 8.13. The fourth-order valence-corrected chi connectivity index (χ4v) is 1.69. The number of rotatable bonds is 4. The summed E-state index contributed by atoms with van der Waals surface area (Å²) in [4.78, 5) is 10.4. The van der Waals surface area contributed by atoms with Gasteiger partial charge in [-0.1, -0.05) is 53.0 Å². The number of halogens is 3. The maximum Gasteiger partial charge on any atom is 0.228 e. The molecule has 1 aromatic rings. The molecule has 1 aromatic carbocycles. The first-order chi connectivity index (χ1) is 8.43. The Hall–Kier alpha value is -0.750. The summed E-state index contributed by atoms with van der Waals surface area (Å²) in [5.74, 6) is 0. The number of benzene rings is 1. The second-order valence-electron chi connectivity index (χ2n) is 3.22. The Morgan fingerprint density at radius 1 is 1.28 bits per heavy atom. The van der Waals surface area contributed by atoms with Crippen molar-refractivity contribution in [2.24, 2.45) is 0 Å². The Balaban J connectivity index is 2.59. The first-order valence-electron chi connectivity index (χ1n) is 4.82. The van der Waals surface area contributed by atoms with E-state index in [-0.39, 0.29) is 5.11 Å². The molecule has 0 aliphatic carbocycles. The van der Waals surface area contributed by atoms with Crippen molar-refractivity contribution in [2.45, 2.75) is 9.96 Å². The summed E-state index contributed by atoms with van der Waals surface area (Å²) in [6, 6.07) is 9.22. The van der Waals surface area contributed by atoms with Gasteiger partial charge in [0.05, 0.1) is 0 Å². The van der Waals surface area contributed by atoms with Crippen LogP contribution in [0.5, 0.6) is 0 Å². The number of alkyl halides is 3. The molecule has 1 atom stereocenters. The van der Waals surface area contributed by atoms with Crippen LogP contribution in [0.2, 0.25) is 0 Å². The van der Waals surface area contributed by atoms with E-state index < -0.39 is 9.96 Å². The molecule has 0 aliphatic rings. The standard InChI is InChI=1S/C10H10Cl3N3OS/c11-10(12,13)8(14-6-17)16-9(18)15-7-4-2-1-3-5-7/h1-6,8H,(H,14,17)(H2,15,16,18). The second kappa shape index (κ2) is 6.99. The molecule has 0 fully saturated rings. The zero-order valence-corrected chi connectivity index (χ0v) is 12.1. The minimum absolute atomic E-state index is 0.229. The minimum Gasteiger partial charge on any atom is -0.339 e. The maximum absolute atomic E-state index is 10.4. The van der Waals surface area contributed by atoms with Crippen molar-refractivity contribution in [2.75, 3.05) is 5.32 Å². The van der Waals surface area contributed by atoms with Crippen LogP contribution < -0.4 is 16.0 Å². The predicted molar refractivity (Wildman–Crippen MR) is 79.1 cm³/mol. The molecule has 0 radical (unpaired) electrons. The van der Waals surface area contributed by atoms with E-state index in [0.29, 0.717) is 6.41 Å². The molecule has 4 nitrogen and oxygen atoms in total. The summed E-state index contributed by atoms with van der Waals surface area (Å²) in [6.45, 7) is 0. The maximum atomic E-state index is 10.4. The number of anilines is 1. The van der Waals surface area contributed by atoms with Gasteiger partial charge in [0.1, 0.15) is 6.17 Å². The average molecular weight is 327 g/mol. The molecule has 0 aliphatic heterocycles. The van der Waals surface area contributed by atoms with Crippen LogP contribution in [0.4, 0.5) is 5.69 Å². The molecule has 0 heterocycles. The molecule has 0 saturated heterocycles. The van der Waals surface area contributed by atoms with Crippen molar-refractivity contribution in [1.29, 1.82) is 0 Å². The Kier molecular flexibility index (Phi) is 5.95. The van der Waals surface area contributed by atoms with Crippen molar-refractivity contribution >= 4 is 64.2 Å². The van der Waals surface area contributed by atoms with Crippen molar-refractivity contribution < 1.29 is 4.79 Å². The van der Waals surface area contributed by atoms with E-state index in [2.05, 4.69) is 16.0 Å². The van der Waals surface area contributed by atoms with Gasteiger partial charge >= 0.3 is 0 Å². The quantitative estimate of drug-likeness (QED) is 0.344. The Morgan fingerprint density at radius 3 is 2.39 bits per heavy atom. The van der Waals surface area contributed by atoms with Gasteiger partial charge in [-0.3, -0.25) is 4.79 Å². The van der Waals surface area contributed by atoms with Crippen LogP contribution in [0.15, 0.2) is 30.3 Å². The summed E-state index contributed by atoms with van der Waals surface area (Å²) < 4.78 is -1.72. The van der Waals surface area contributed by atoms with Gasteiger partial charge in [0.15, 0.2) is 5.11 Å². The molecule has 1 rings (SSSR count). The number of carbonyl (C=O) groups is 1. The lowest BCUT2D eigenvalue weighted by molar-refractivity contribution is -0.110. The van der Waals surface area contributed by atoms with Crippen molar-refractivity contribution in [3.63, 3.8) is 0 Å². The highest BCUT2D eigenvalue weighted by Crippen LogP contribution is 2.28. The Bertz CT molecular complexity index is 411. The number of nitrogens with one attached hydrogen (secondary N) is 3. The van der Waals surface area contributed by atoms with Gasteiger partial charge in [-0.05, 0) is 24.4 Å². The van der Waals surface area contributed by atoms with Crippen LogP contribution >= 0.6 is 47.0 Å². The topological polar surface area (TPSA) is 53.2 Å². The number of hydrogen-bond donors (Lipinski definition) is 3. The minimum atomic E-state index is -1.72. The molecular weight excluding hydrogens is 317 g/mol. The Morgan fingerprint density at radius 2 is 1.89 bits per heavy atom. The molecule has 0 aromatic heterocycles. The number of carbonyl (C=O) groups excluding carboxylic acids is 1. The van der Waals surface area contributed by atoms with E-state index in [1.54, 1.807) is 0 Å². The van der Waals surface area contributed by atoms with Crippen LogP contribution in [0, 0.1) is 0 Å². The molecule has 98 valence electrons. The van der Waals surface area contributed by atoms with Gasteiger partial charge in [0.2, 0.25) is 10.2 Å². The van der Waals surface area contributed by atoms with Crippen LogP contribution in [-0.2, 0) is 4.79 Å². The van der Waals surface area contributed by atoms with Crippen LogP contribution in [0.25, 0.3) is 0 Å². The molecule has 1 amide bonds. The lowest BCUT2D eigenvalue weighted by atomic mass is 10.3. The van der Waals surface area contributed by atoms with E-state index in [0.717, 1.165) is 5.69 Å². The fraction of sp³-hybridized carbons (Fsp3) is 0.200. The van der Waals surface area contributed by atoms with Gasteiger partial charge in [0, 0.05) is 5.69 Å². The van der Waals surface area contributed by atoms with E-state index >= 15 is 0 Å². The van der Waals surface area contributed by atoms with Crippen molar-refractivity contribution in [3.05, 3.63) is 30.3 Å². The average Bonchev–Trinajstić information content (AvgIpc) is 2.28. The largest absolute Gasteiger partial charge is 0.339 e. The highest BCUT2D eigenvalue weighted by molar-refractivity contribution is 7.80. The lowest BCUT2D eigenvalue weighted by Crippen LogP contribution is -2.53. The zero-order valence-electron chi connectivity index (χ0n) is 8.99. The molecule has 0 saturated carbocycles. The summed E-state index contributed by atoms with van der Waals surface area (Å²) in [6.07, 6.45) is -0.506. The third kappa shape index (κ3) is 5.27. The molecule has 1 unspecified atom stereocenters. The van der Waals surface area contributed by atoms with Gasteiger partial charge in [-0.15, -0.1) is 0 Å². The summed E-state index contributed by atoms with van der Waals surface area (Å²) in [7, 11) is 0. The monoisotopic (exact) mass is 325 g/mol. The third-order valence-corrected chi connectivity index (χ3v) is 2.74. The normalized spacial score (nSPS) is 12.4. The Labute approximate surface area is 125 Å². The first-order valence-corrected chi connectivity index (χ1v) is 6.36. The number of para-hydroxylation sites is 1. The van der Waals surface area contributed by atoms with Gasteiger partial charge in [-0.2, -0.15) is 0 Å². The number of hydrogen-bond acceptors (Lipinski definition) is 2. The third-order valence-electron chi connectivity index (χ3n) is 1.87. The molecule has 0 bridgehead atoms. The molecule has 8 heteroatoms. The van der Waals surface area contributed by atoms with Crippen molar-refractivity contribution in [3.8, 4) is 0 Å². The van der Waals surface area contributed by atoms with Crippen LogP contribution in [0.1, 0.15) is 0 Å². The van der Waals surface area contributed by atoms with E-state index in [1.807, 2.05) is 30.3 Å². The lowest BCUT2D eigenvalue weighted by Gasteiger charge is -2.26. The number of thiocarbonyl (C=S) groups is 1. The molecule has 18 heavy (non-hydrogen) atoms. The fourth-order valence-electron chi connectivity index (χ4n) is 1.11. The zero-order chi connectivity index (χ0) is 13.6.